The molecule has 2 aliphatic carbocycles. The van der Waals surface area contributed by atoms with Crippen LogP contribution in [0.4, 0.5) is 0 Å². The van der Waals surface area contributed by atoms with Crippen molar-refractivity contribution < 1.29 is 46.1 Å². The van der Waals surface area contributed by atoms with E-state index in [2.05, 4.69) is 150 Å². The van der Waals surface area contributed by atoms with Gasteiger partial charge in [-0.2, -0.15) is 0 Å². The van der Waals surface area contributed by atoms with Crippen molar-refractivity contribution in [3.8, 4) is 11.1 Å². The molecule has 2 aliphatic rings. The number of halogens is 2. The molecule has 0 nitrogen and oxygen atoms in total. The Morgan fingerprint density at radius 2 is 1.34 bits per heavy atom. The van der Waals surface area contributed by atoms with Gasteiger partial charge >= 0.3 is 267 Å². The minimum atomic E-state index is -2.60. The van der Waals surface area contributed by atoms with Crippen LogP contribution in [-0.2, 0) is 38.5 Å². The Hall–Kier alpha value is -1.31. The number of hydrogen-bond acceptors (Lipinski definition) is 0. The number of rotatable bonds is 4. The zero-order valence-corrected chi connectivity index (χ0v) is 34.3. The molecule has 234 valence electrons. The molecule has 3 aromatic carbocycles. The SMILES string of the molecule is CC1=[C](/[Zr+2](=[C](\C)c2ccc(C)cc2)[c]2cc(C(C)(C)C)cc3c2Cc2ccc(C(C)(C)C)cc2-3)C(C)C=C1[Si](C)(C)C.[Cl-].[Cl-]. The monoisotopic (exact) mass is 720 g/mol. The van der Waals surface area contributed by atoms with E-state index < -0.39 is 29.3 Å². The molecular weight excluding hydrogens is 671 g/mol. The number of benzene rings is 3. The summed E-state index contributed by atoms with van der Waals surface area (Å²) in [6.07, 6.45) is 3.73. The molecular formula is C40H52Cl2SiZr. The Morgan fingerprint density at radius 1 is 0.773 bits per heavy atom. The van der Waals surface area contributed by atoms with Crippen LogP contribution in [0.2, 0.25) is 19.6 Å². The van der Waals surface area contributed by atoms with Crippen molar-refractivity contribution in [3.05, 3.63) is 108 Å². The van der Waals surface area contributed by atoms with Crippen LogP contribution in [-0.4, -0.2) is 11.3 Å². The van der Waals surface area contributed by atoms with Gasteiger partial charge in [0.2, 0.25) is 0 Å². The van der Waals surface area contributed by atoms with Gasteiger partial charge in [-0.05, 0) is 0 Å². The van der Waals surface area contributed by atoms with Crippen LogP contribution in [0.25, 0.3) is 11.1 Å². The van der Waals surface area contributed by atoms with Gasteiger partial charge in [0.25, 0.3) is 0 Å². The normalized spacial score (nSPS) is 16.5. The maximum Gasteiger partial charge on any atom is -1.00 e. The summed E-state index contributed by atoms with van der Waals surface area (Å²) in [5.74, 6) is 0.520. The molecule has 1 atom stereocenters. The second kappa shape index (κ2) is 13.1. The van der Waals surface area contributed by atoms with Gasteiger partial charge in [-0.1, -0.05) is 0 Å². The van der Waals surface area contributed by atoms with Crippen molar-refractivity contribution >= 4 is 14.6 Å². The molecule has 0 aromatic heterocycles. The largest absolute Gasteiger partial charge is 1.00 e. The van der Waals surface area contributed by atoms with Gasteiger partial charge < -0.3 is 24.8 Å². The fourth-order valence-electron chi connectivity index (χ4n) is 7.07. The van der Waals surface area contributed by atoms with Crippen molar-refractivity contribution in [1.82, 2.24) is 0 Å². The van der Waals surface area contributed by atoms with E-state index >= 15 is 0 Å². The molecule has 0 heterocycles. The standard InChI is InChI=1S/C21H25.C10H17Si.C9H10.2ClH.Zr/c1-20(2,3)16-9-7-14-11-15-8-10-17(21(4,5)6)13-19(15)18(14)12-16;1-8-6-9(2)10(7-8)11(3,4)5;1-3-9-6-4-8(2)5-7-9;;;/h7,9-10,12-13H,11H2,1-6H3;7-8H,1-5H3;4-7H,1-2H3;2*1H;/q;;;;;+2/p-2. The van der Waals surface area contributed by atoms with Crippen molar-refractivity contribution in [2.45, 2.75) is 106 Å². The minimum absolute atomic E-state index is 0. The van der Waals surface area contributed by atoms with E-state index in [0.29, 0.717) is 5.92 Å². The molecule has 0 N–H and O–H groups in total. The minimum Gasteiger partial charge on any atom is -1.00 e. The average molecular weight is 723 g/mol. The van der Waals surface area contributed by atoms with Crippen LogP contribution in [0.3, 0.4) is 0 Å². The van der Waals surface area contributed by atoms with Crippen LogP contribution < -0.4 is 28.1 Å². The van der Waals surface area contributed by atoms with Crippen molar-refractivity contribution in [2.24, 2.45) is 5.92 Å². The molecule has 5 rings (SSSR count). The Bertz CT molecular complexity index is 1670. The molecule has 0 spiro atoms. The van der Waals surface area contributed by atoms with Gasteiger partial charge in [-0.15, -0.1) is 0 Å². The fraction of sp³-hybridized carbons (Fsp3) is 0.425. The third kappa shape index (κ3) is 7.00. The third-order valence-corrected chi connectivity index (χ3v) is 20.1. The summed E-state index contributed by atoms with van der Waals surface area (Å²) in [6.45, 7) is 31.5. The summed E-state index contributed by atoms with van der Waals surface area (Å²) < 4.78 is 5.20. The topological polar surface area (TPSA) is 0 Å². The molecule has 0 fully saturated rings. The van der Waals surface area contributed by atoms with E-state index in [-0.39, 0.29) is 35.6 Å². The fourth-order valence-corrected chi connectivity index (χ4v) is 17.8. The summed E-state index contributed by atoms with van der Waals surface area (Å²) in [7, 11) is -1.45. The molecule has 0 saturated carbocycles. The van der Waals surface area contributed by atoms with Crippen molar-refractivity contribution in [3.63, 3.8) is 0 Å². The zero-order valence-electron chi connectivity index (χ0n) is 29.3. The van der Waals surface area contributed by atoms with Gasteiger partial charge in [-0.3, -0.25) is 0 Å². The molecule has 1 unspecified atom stereocenters. The summed E-state index contributed by atoms with van der Waals surface area (Å²) in [5, 5.41) is 1.70. The molecule has 0 saturated heterocycles. The van der Waals surface area contributed by atoms with Crippen LogP contribution in [0.1, 0.15) is 95.7 Å². The van der Waals surface area contributed by atoms with E-state index in [0.717, 1.165) is 6.42 Å². The molecule has 44 heavy (non-hydrogen) atoms. The summed E-state index contributed by atoms with van der Waals surface area (Å²) in [5.41, 5.74) is 13.7. The van der Waals surface area contributed by atoms with Gasteiger partial charge in [0.1, 0.15) is 0 Å². The second-order valence-corrected chi connectivity index (χ2v) is 27.5. The molecule has 0 bridgehead atoms. The van der Waals surface area contributed by atoms with E-state index in [1.165, 1.54) is 38.9 Å². The van der Waals surface area contributed by atoms with Crippen molar-refractivity contribution in [1.29, 1.82) is 0 Å². The Labute approximate surface area is 289 Å². The summed E-state index contributed by atoms with van der Waals surface area (Å²) >= 11 is -2.60. The van der Waals surface area contributed by atoms with Gasteiger partial charge in [0, 0.05) is 0 Å². The maximum absolute atomic E-state index is 2.68. The van der Waals surface area contributed by atoms with E-state index in [4.69, 9.17) is 0 Å². The van der Waals surface area contributed by atoms with E-state index in [9.17, 15) is 0 Å². The Balaban J connectivity index is 0.00000264. The number of fused-ring (bicyclic) bond motifs is 3. The summed E-state index contributed by atoms with van der Waals surface area (Å²) in [4.78, 5) is 0. The number of allylic oxidation sites excluding steroid dienone is 4. The smallest absolute Gasteiger partial charge is 1.00 e. The first-order valence-electron chi connectivity index (χ1n) is 15.9. The van der Waals surface area contributed by atoms with E-state index in [1.54, 1.807) is 22.8 Å². The Morgan fingerprint density at radius 3 is 1.86 bits per heavy atom. The van der Waals surface area contributed by atoms with Crippen molar-refractivity contribution in [2.75, 3.05) is 0 Å². The predicted octanol–water partition coefficient (Wildman–Crippen LogP) is 4.38. The predicted molar refractivity (Wildman–Crippen MR) is 186 cm³/mol. The first kappa shape index (κ1) is 37.2. The van der Waals surface area contributed by atoms with Gasteiger partial charge in [0.15, 0.2) is 0 Å². The molecule has 0 aliphatic heterocycles. The average Bonchev–Trinajstić information content (AvgIpc) is 3.40. The summed E-state index contributed by atoms with van der Waals surface area (Å²) in [6, 6.07) is 22.0. The first-order chi connectivity index (χ1) is 19.4. The molecule has 3 aromatic rings. The van der Waals surface area contributed by atoms with Crippen LogP contribution >= 0.6 is 0 Å². The first-order valence-corrected chi connectivity index (χ1v) is 23.1. The van der Waals surface area contributed by atoms with Crippen LogP contribution in [0.5, 0.6) is 0 Å². The van der Waals surface area contributed by atoms with Crippen LogP contribution in [0.15, 0.2) is 74.7 Å². The third-order valence-electron chi connectivity index (χ3n) is 9.64. The number of aryl methyl sites for hydroxylation is 1. The van der Waals surface area contributed by atoms with Gasteiger partial charge in [0.05, 0.1) is 0 Å². The second-order valence-electron chi connectivity index (χ2n) is 16.1. The van der Waals surface area contributed by atoms with Gasteiger partial charge in [-0.25, -0.2) is 0 Å². The molecule has 4 heteroatoms. The molecule has 0 radical (unpaired) electrons. The zero-order chi connectivity index (χ0) is 30.9. The molecule has 0 amide bonds. The van der Waals surface area contributed by atoms with E-state index in [1.807, 2.05) is 3.28 Å². The van der Waals surface area contributed by atoms with Crippen LogP contribution in [0, 0.1) is 12.8 Å². The maximum atomic E-state index is 2.68. The quantitative estimate of drug-likeness (QED) is 0.275. The number of hydrogen-bond donors (Lipinski definition) is 0. The Kier molecular flexibility index (Phi) is 11.0.